The lowest BCUT2D eigenvalue weighted by Gasteiger charge is -2.17. The molecule has 104 valence electrons. The molecular weight excluding hydrogens is 248 g/mol. The standard InChI is InChI=1S/C17H20N2O/c1-14-5-3-6-15(11-14)8-9-17(20)19(2)13-16-7-4-10-18-12-16/h3-7,10-12H,8-9,13H2,1-2H3. The first kappa shape index (κ1) is 14.3. The second kappa shape index (κ2) is 6.85. The summed E-state index contributed by atoms with van der Waals surface area (Å²) in [5.41, 5.74) is 3.51. The molecule has 2 aromatic rings. The number of aryl methyl sites for hydroxylation is 2. The molecule has 0 saturated carbocycles. The fraction of sp³-hybridized carbons (Fsp3) is 0.294. The number of hydrogen-bond acceptors (Lipinski definition) is 2. The van der Waals surface area contributed by atoms with Crippen LogP contribution in [0.1, 0.15) is 23.1 Å². The van der Waals surface area contributed by atoms with Crippen LogP contribution in [0.5, 0.6) is 0 Å². The van der Waals surface area contributed by atoms with Crippen molar-refractivity contribution in [1.29, 1.82) is 0 Å². The van der Waals surface area contributed by atoms with Crippen molar-refractivity contribution in [3.63, 3.8) is 0 Å². The molecule has 3 heteroatoms. The van der Waals surface area contributed by atoms with E-state index in [2.05, 4.69) is 30.1 Å². The molecule has 1 aromatic heterocycles. The summed E-state index contributed by atoms with van der Waals surface area (Å²) in [6, 6.07) is 12.2. The van der Waals surface area contributed by atoms with Crippen molar-refractivity contribution in [2.75, 3.05) is 7.05 Å². The summed E-state index contributed by atoms with van der Waals surface area (Å²) < 4.78 is 0. The van der Waals surface area contributed by atoms with Crippen LogP contribution in [0.2, 0.25) is 0 Å². The molecule has 1 heterocycles. The summed E-state index contributed by atoms with van der Waals surface area (Å²) in [7, 11) is 1.84. The quantitative estimate of drug-likeness (QED) is 0.835. The topological polar surface area (TPSA) is 33.2 Å². The van der Waals surface area contributed by atoms with Crippen LogP contribution in [0.15, 0.2) is 48.8 Å². The summed E-state index contributed by atoms with van der Waals surface area (Å²) in [6.07, 6.45) is 4.87. The summed E-state index contributed by atoms with van der Waals surface area (Å²) in [4.78, 5) is 17.9. The lowest BCUT2D eigenvalue weighted by atomic mass is 10.1. The van der Waals surface area contributed by atoms with Gasteiger partial charge in [-0.15, -0.1) is 0 Å². The van der Waals surface area contributed by atoms with E-state index in [1.807, 2.05) is 25.2 Å². The van der Waals surface area contributed by atoms with E-state index in [0.717, 1.165) is 12.0 Å². The van der Waals surface area contributed by atoms with Gasteiger partial charge in [-0.1, -0.05) is 35.9 Å². The molecule has 0 fully saturated rings. The molecule has 1 amide bonds. The molecule has 0 unspecified atom stereocenters. The third-order valence-corrected chi connectivity index (χ3v) is 3.28. The number of carbonyl (C=O) groups excluding carboxylic acids is 1. The Kier molecular flexibility index (Phi) is 4.88. The molecule has 0 aliphatic carbocycles. The van der Waals surface area contributed by atoms with Gasteiger partial charge in [0.25, 0.3) is 0 Å². The van der Waals surface area contributed by atoms with Crippen LogP contribution in [-0.4, -0.2) is 22.8 Å². The van der Waals surface area contributed by atoms with Crippen molar-refractivity contribution in [2.24, 2.45) is 0 Å². The maximum Gasteiger partial charge on any atom is 0.222 e. The molecule has 2 rings (SSSR count). The molecule has 0 N–H and O–H groups in total. The van der Waals surface area contributed by atoms with Gasteiger partial charge in [0, 0.05) is 32.4 Å². The van der Waals surface area contributed by atoms with Crippen molar-refractivity contribution >= 4 is 5.91 Å². The minimum Gasteiger partial charge on any atom is -0.341 e. The van der Waals surface area contributed by atoms with E-state index < -0.39 is 0 Å². The number of rotatable bonds is 5. The van der Waals surface area contributed by atoms with E-state index in [9.17, 15) is 4.79 Å². The maximum absolute atomic E-state index is 12.1. The first-order valence-electron chi connectivity index (χ1n) is 6.83. The number of hydrogen-bond donors (Lipinski definition) is 0. The van der Waals surface area contributed by atoms with Crippen LogP contribution >= 0.6 is 0 Å². The average molecular weight is 268 g/mol. The number of pyridine rings is 1. The zero-order valence-electron chi connectivity index (χ0n) is 12.0. The van der Waals surface area contributed by atoms with Crippen LogP contribution in [0, 0.1) is 6.92 Å². The fourth-order valence-corrected chi connectivity index (χ4v) is 2.16. The molecular formula is C17H20N2O. The predicted molar refractivity (Wildman–Crippen MR) is 80.2 cm³/mol. The van der Waals surface area contributed by atoms with Crippen molar-refractivity contribution < 1.29 is 4.79 Å². The Morgan fingerprint density at radius 3 is 2.70 bits per heavy atom. The van der Waals surface area contributed by atoms with Gasteiger partial charge in [0.05, 0.1) is 0 Å². The van der Waals surface area contributed by atoms with Gasteiger partial charge >= 0.3 is 0 Å². The third-order valence-electron chi connectivity index (χ3n) is 3.28. The Labute approximate surface area is 120 Å². The molecule has 0 aliphatic heterocycles. The van der Waals surface area contributed by atoms with Gasteiger partial charge in [0.15, 0.2) is 0 Å². The minimum absolute atomic E-state index is 0.162. The van der Waals surface area contributed by atoms with Crippen molar-refractivity contribution in [2.45, 2.75) is 26.3 Å². The molecule has 0 aliphatic rings. The first-order chi connectivity index (χ1) is 9.65. The largest absolute Gasteiger partial charge is 0.341 e. The lowest BCUT2D eigenvalue weighted by molar-refractivity contribution is -0.130. The Morgan fingerprint density at radius 1 is 1.20 bits per heavy atom. The van der Waals surface area contributed by atoms with Crippen LogP contribution in [0.3, 0.4) is 0 Å². The van der Waals surface area contributed by atoms with Crippen LogP contribution in [-0.2, 0) is 17.8 Å². The van der Waals surface area contributed by atoms with E-state index in [-0.39, 0.29) is 5.91 Å². The zero-order chi connectivity index (χ0) is 14.4. The van der Waals surface area contributed by atoms with Crippen molar-refractivity contribution in [3.8, 4) is 0 Å². The normalized spacial score (nSPS) is 10.3. The van der Waals surface area contributed by atoms with E-state index in [1.54, 1.807) is 17.3 Å². The van der Waals surface area contributed by atoms with E-state index in [4.69, 9.17) is 0 Å². The number of carbonyl (C=O) groups is 1. The maximum atomic E-state index is 12.1. The van der Waals surface area contributed by atoms with Gasteiger partial charge in [0.1, 0.15) is 0 Å². The number of aromatic nitrogens is 1. The monoisotopic (exact) mass is 268 g/mol. The van der Waals surface area contributed by atoms with Gasteiger partial charge in [-0.25, -0.2) is 0 Å². The number of benzene rings is 1. The highest BCUT2D eigenvalue weighted by Crippen LogP contribution is 2.09. The van der Waals surface area contributed by atoms with E-state index in [1.165, 1.54) is 11.1 Å². The predicted octanol–water partition coefficient (Wildman–Crippen LogP) is 2.98. The molecule has 3 nitrogen and oxygen atoms in total. The highest BCUT2D eigenvalue weighted by atomic mass is 16.2. The molecule has 0 atom stereocenters. The third kappa shape index (κ3) is 4.19. The number of nitrogens with zero attached hydrogens (tertiary/aromatic N) is 2. The molecule has 0 bridgehead atoms. The lowest BCUT2D eigenvalue weighted by Crippen LogP contribution is -2.26. The summed E-state index contributed by atoms with van der Waals surface area (Å²) in [5.74, 6) is 0.162. The minimum atomic E-state index is 0.162. The summed E-state index contributed by atoms with van der Waals surface area (Å²) >= 11 is 0. The highest BCUT2D eigenvalue weighted by molar-refractivity contribution is 5.76. The fourth-order valence-electron chi connectivity index (χ4n) is 2.16. The number of amides is 1. The van der Waals surface area contributed by atoms with Crippen molar-refractivity contribution in [1.82, 2.24) is 9.88 Å². The molecule has 0 saturated heterocycles. The summed E-state index contributed by atoms with van der Waals surface area (Å²) in [5, 5.41) is 0. The molecule has 0 radical (unpaired) electrons. The van der Waals surface area contributed by atoms with Gasteiger partial charge in [-0.05, 0) is 30.5 Å². The first-order valence-corrected chi connectivity index (χ1v) is 6.83. The highest BCUT2D eigenvalue weighted by Gasteiger charge is 2.09. The Balaban J connectivity index is 1.85. The van der Waals surface area contributed by atoms with Crippen molar-refractivity contribution in [3.05, 3.63) is 65.5 Å². The van der Waals surface area contributed by atoms with E-state index in [0.29, 0.717) is 13.0 Å². The molecule has 0 spiro atoms. The second-order valence-electron chi connectivity index (χ2n) is 5.10. The SMILES string of the molecule is Cc1cccc(CCC(=O)N(C)Cc2cccnc2)c1. The van der Waals surface area contributed by atoms with Crippen LogP contribution < -0.4 is 0 Å². The van der Waals surface area contributed by atoms with Gasteiger partial charge in [-0.3, -0.25) is 9.78 Å². The zero-order valence-corrected chi connectivity index (χ0v) is 12.0. The van der Waals surface area contributed by atoms with E-state index >= 15 is 0 Å². The Morgan fingerprint density at radius 2 is 2.00 bits per heavy atom. The van der Waals surface area contributed by atoms with Gasteiger partial charge in [-0.2, -0.15) is 0 Å². The molecule has 1 aromatic carbocycles. The van der Waals surface area contributed by atoms with Crippen LogP contribution in [0.4, 0.5) is 0 Å². The van der Waals surface area contributed by atoms with Gasteiger partial charge in [0.2, 0.25) is 5.91 Å². The Bertz CT molecular complexity index is 566. The smallest absolute Gasteiger partial charge is 0.222 e. The Hall–Kier alpha value is -2.16. The average Bonchev–Trinajstić information content (AvgIpc) is 2.46. The summed E-state index contributed by atoms with van der Waals surface area (Å²) in [6.45, 7) is 2.68. The van der Waals surface area contributed by atoms with Gasteiger partial charge < -0.3 is 4.90 Å². The second-order valence-corrected chi connectivity index (χ2v) is 5.10. The molecule has 20 heavy (non-hydrogen) atoms. The van der Waals surface area contributed by atoms with Crippen LogP contribution in [0.25, 0.3) is 0 Å².